The number of benzene rings is 1. The van der Waals surface area contributed by atoms with Gasteiger partial charge in [0.1, 0.15) is 5.78 Å². The van der Waals surface area contributed by atoms with Crippen molar-refractivity contribution in [3.63, 3.8) is 0 Å². The molecule has 0 aromatic heterocycles. The molecule has 0 saturated carbocycles. The number of ether oxygens (including phenoxy) is 2. The lowest BCUT2D eigenvalue weighted by molar-refractivity contribution is -0.132. The summed E-state index contributed by atoms with van der Waals surface area (Å²) in [6.45, 7) is 8.27. The summed E-state index contributed by atoms with van der Waals surface area (Å²) >= 11 is 0. The molecule has 0 N–H and O–H groups in total. The SMILES string of the molecule is CO[C@H](CC(=O)C(C)(C)C)[C@@H](C)OCc1ccccc1. The molecule has 2 atom stereocenters. The predicted octanol–water partition coefficient (Wildman–Crippen LogP) is 3.61. The van der Waals surface area contributed by atoms with E-state index in [0.29, 0.717) is 13.0 Å². The van der Waals surface area contributed by atoms with Crippen LogP contribution in [0.25, 0.3) is 0 Å². The van der Waals surface area contributed by atoms with Crippen molar-refractivity contribution in [1.82, 2.24) is 0 Å². The average Bonchev–Trinajstić information content (AvgIpc) is 2.41. The summed E-state index contributed by atoms with van der Waals surface area (Å²) < 4.78 is 11.2. The number of ketones is 1. The molecule has 0 heterocycles. The number of carbonyl (C=O) groups excluding carboxylic acids is 1. The molecule has 0 amide bonds. The van der Waals surface area contributed by atoms with Gasteiger partial charge in [0.25, 0.3) is 0 Å². The van der Waals surface area contributed by atoms with E-state index in [9.17, 15) is 4.79 Å². The summed E-state index contributed by atoms with van der Waals surface area (Å²) in [5.41, 5.74) is 0.784. The molecule has 0 aliphatic carbocycles. The van der Waals surface area contributed by atoms with E-state index in [4.69, 9.17) is 9.47 Å². The van der Waals surface area contributed by atoms with Gasteiger partial charge in [0.15, 0.2) is 0 Å². The minimum Gasteiger partial charge on any atom is -0.378 e. The largest absolute Gasteiger partial charge is 0.378 e. The summed E-state index contributed by atoms with van der Waals surface area (Å²) in [6, 6.07) is 10.00. The van der Waals surface area contributed by atoms with Crippen molar-refractivity contribution in [2.45, 2.75) is 52.9 Å². The third-order valence-electron chi connectivity index (χ3n) is 3.41. The van der Waals surface area contributed by atoms with Crippen LogP contribution in [-0.4, -0.2) is 25.1 Å². The van der Waals surface area contributed by atoms with Gasteiger partial charge in [-0.15, -0.1) is 0 Å². The van der Waals surface area contributed by atoms with Gasteiger partial charge in [0, 0.05) is 18.9 Å². The predicted molar refractivity (Wildman–Crippen MR) is 80.6 cm³/mol. The molecule has 0 radical (unpaired) electrons. The highest BCUT2D eigenvalue weighted by Crippen LogP contribution is 2.21. The zero-order valence-electron chi connectivity index (χ0n) is 13.2. The molecule has 0 unspecified atom stereocenters. The van der Waals surface area contributed by atoms with Crippen LogP contribution in [0, 0.1) is 5.41 Å². The van der Waals surface area contributed by atoms with Gasteiger partial charge in [-0.1, -0.05) is 51.1 Å². The second-order valence-electron chi connectivity index (χ2n) is 6.15. The highest BCUT2D eigenvalue weighted by Gasteiger charge is 2.27. The molecule has 1 aromatic carbocycles. The quantitative estimate of drug-likeness (QED) is 0.764. The van der Waals surface area contributed by atoms with Crippen LogP contribution in [-0.2, 0) is 20.9 Å². The topological polar surface area (TPSA) is 35.5 Å². The lowest BCUT2D eigenvalue weighted by Gasteiger charge is -2.25. The van der Waals surface area contributed by atoms with Gasteiger partial charge in [0.05, 0.1) is 18.8 Å². The summed E-state index contributed by atoms with van der Waals surface area (Å²) in [7, 11) is 1.63. The van der Waals surface area contributed by atoms with Gasteiger partial charge in [0.2, 0.25) is 0 Å². The zero-order chi connectivity index (χ0) is 15.2. The first-order chi connectivity index (χ1) is 9.34. The maximum Gasteiger partial charge on any atom is 0.140 e. The Morgan fingerprint density at radius 2 is 1.80 bits per heavy atom. The van der Waals surface area contributed by atoms with Crippen LogP contribution in [0.3, 0.4) is 0 Å². The lowest BCUT2D eigenvalue weighted by Crippen LogP contribution is -2.34. The summed E-state index contributed by atoms with van der Waals surface area (Å²) in [6.07, 6.45) is 0.0626. The molecule has 0 spiro atoms. The Kier molecular flexibility index (Phi) is 6.37. The van der Waals surface area contributed by atoms with Gasteiger partial charge < -0.3 is 9.47 Å². The Morgan fingerprint density at radius 1 is 1.20 bits per heavy atom. The van der Waals surface area contributed by atoms with Crippen molar-refractivity contribution < 1.29 is 14.3 Å². The fourth-order valence-electron chi connectivity index (χ4n) is 1.84. The number of hydrogen-bond donors (Lipinski definition) is 0. The van der Waals surface area contributed by atoms with Crippen molar-refractivity contribution in [2.24, 2.45) is 5.41 Å². The highest BCUT2D eigenvalue weighted by atomic mass is 16.5. The van der Waals surface area contributed by atoms with E-state index in [1.54, 1.807) is 7.11 Å². The number of hydrogen-bond acceptors (Lipinski definition) is 3. The van der Waals surface area contributed by atoms with E-state index in [-0.39, 0.29) is 23.4 Å². The van der Waals surface area contributed by atoms with E-state index in [2.05, 4.69) is 0 Å². The van der Waals surface area contributed by atoms with Crippen molar-refractivity contribution >= 4 is 5.78 Å². The van der Waals surface area contributed by atoms with E-state index >= 15 is 0 Å². The lowest BCUT2D eigenvalue weighted by atomic mass is 9.87. The second-order valence-corrected chi connectivity index (χ2v) is 6.15. The third kappa shape index (κ3) is 5.43. The molecular weight excluding hydrogens is 252 g/mol. The van der Waals surface area contributed by atoms with Crippen LogP contribution in [0.5, 0.6) is 0 Å². The zero-order valence-corrected chi connectivity index (χ0v) is 13.2. The van der Waals surface area contributed by atoms with E-state index in [1.807, 2.05) is 58.0 Å². The monoisotopic (exact) mass is 278 g/mol. The molecule has 3 nitrogen and oxygen atoms in total. The number of methoxy groups -OCH3 is 1. The fourth-order valence-corrected chi connectivity index (χ4v) is 1.84. The highest BCUT2D eigenvalue weighted by molar-refractivity contribution is 5.84. The van der Waals surface area contributed by atoms with Crippen LogP contribution in [0.1, 0.15) is 39.7 Å². The molecule has 3 heteroatoms. The van der Waals surface area contributed by atoms with Crippen LogP contribution in [0.2, 0.25) is 0 Å². The Balaban J connectivity index is 2.51. The minimum absolute atomic E-state index is 0.119. The van der Waals surface area contributed by atoms with Crippen LogP contribution in [0.4, 0.5) is 0 Å². The third-order valence-corrected chi connectivity index (χ3v) is 3.41. The molecule has 0 aliphatic rings. The van der Waals surface area contributed by atoms with Crippen molar-refractivity contribution in [3.05, 3.63) is 35.9 Å². The summed E-state index contributed by atoms with van der Waals surface area (Å²) in [4.78, 5) is 12.1. The van der Waals surface area contributed by atoms with Gasteiger partial charge in [-0.3, -0.25) is 4.79 Å². The van der Waals surface area contributed by atoms with Crippen molar-refractivity contribution in [3.8, 4) is 0 Å². The first kappa shape index (κ1) is 16.9. The van der Waals surface area contributed by atoms with Gasteiger partial charge in [-0.25, -0.2) is 0 Å². The van der Waals surface area contributed by atoms with Crippen LogP contribution < -0.4 is 0 Å². The Morgan fingerprint density at radius 3 is 2.30 bits per heavy atom. The van der Waals surface area contributed by atoms with E-state index in [0.717, 1.165) is 5.56 Å². The van der Waals surface area contributed by atoms with Gasteiger partial charge >= 0.3 is 0 Å². The van der Waals surface area contributed by atoms with E-state index < -0.39 is 0 Å². The minimum atomic E-state index is -0.337. The second kappa shape index (κ2) is 7.55. The van der Waals surface area contributed by atoms with Gasteiger partial charge in [-0.05, 0) is 12.5 Å². The van der Waals surface area contributed by atoms with Crippen LogP contribution in [0.15, 0.2) is 30.3 Å². The standard InChI is InChI=1S/C17H26O3/c1-13(20-12-14-9-7-6-8-10-14)15(19-5)11-16(18)17(2,3)4/h6-10,13,15H,11-12H2,1-5H3/t13-,15-/m1/s1. The molecule has 112 valence electrons. The Hall–Kier alpha value is -1.19. The Labute approximate surface area is 122 Å². The first-order valence-electron chi connectivity index (χ1n) is 7.06. The number of rotatable bonds is 7. The summed E-state index contributed by atoms with van der Waals surface area (Å²) in [5.74, 6) is 0.194. The number of carbonyl (C=O) groups is 1. The maximum atomic E-state index is 12.1. The molecule has 20 heavy (non-hydrogen) atoms. The molecule has 1 aromatic rings. The molecule has 0 bridgehead atoms. The van der Waals surface area contributed by atoms with Crippen LogP contribution >= 0.6 is 0 Å². The van der Waals surface area contributed by atoms with E-state index in [1.165, 1.54) is 0 Å². The van der Waals surface area contributed by atoms with Crippen molar-refractivity contribution in [2.75, 3.05) is 7.11 Å². The molecule has 0 fully saturated rings. The average molecular weight is 278 g/mol. The molecular formula is C17H26O3. The molecule has 0 aliphatic heterocycles. The first-order valence-corrected chi connectivity index (χ1v) is 7.06. The molecule has 1 rings (SSSR count). The van der Waals surface area contributed by atoms with Gasteiger partial charge in [-0.2, -0.15) is 0 Å². The molecule has 0 saturated heterocycles. The normalized spacial score (nSPS) is 14.8. The Bertz CT molecular complexity index is 406. The van der Waals surface area contributed by atoms with Crippen molar-refractivity contribution in [1.29, 1.82) is 0 Å². The maximum absolute atomic E-state index is 12.1. The number of Topliss-reactive ketones (excluding diaryl/α,β-unsaturated/α-hetero) is 1. The summed E-state index contributed by atoms with van der Waals surface area (Å²) in [5, 5.41) is 0. The smallest absolute Gasteiger partial charge is 0.140 e. The fraction of sp³-hybridized carbons (Fsp3) is 0.588.